The molecule has 0 radical (unpaired) electrons. The molecule has 27 heavy (non-hydrogen) atoms. The second-order valence-corrected chi connectivity index (χ2v) is 8.05. The third-order valence-electron chi connectivity index (χ3n) is 5.80. The highest BCUT2D eigenvalue weighted by Gasteiger charge is 2.33. The average molecular weight is 384 g/mol. The highest BCUT2D eigenvalue weighted by Crippen LogP contribution is 2.36. The number of halogens is 1. The first-order chi connectivity index (χ1) is 13.1. The molecule has 1 saturated heterocycles. The zero-order valence-electron chi connectivity index (χ0n) is 15.7. The zero-order valence-corrected chi connectivity index (χ0v) is 16.5. The molecule has 4 rings (SSSR count). The first-order valence-corrected chi connectivity index (χ1v) is 10.0. The van der Waals surface area contributed by atoms with Crippen molar-refractivity contribution in [3.8, 4) is 0 Å². The van der Waals surface area contributed by atoms with Gasteiger partial charge in [-0.1, -0.05) is 48.0 Å². The molecule has 2 aromatic rings. The number of fused-ring (bicyclic) bond motifs is 1. The monoisotopic (exact) mass is 383 g/mol. The van der Waals surface area contributed by atoms with Crippen LogP contribution in [-0.2, 0) is 4.79 Å². The van der Waals surface area contributed by atoms with Gasteiger partial charge < -0.3 is 15.1 Å². The Kier molecular flexibility index (Phi) is 5.48. The third kappa shape index (κ3) is 4.03. The van der Waals surface area contributed by atoms with Crippen LogP contribution < -0.4 is 5.32 Å². The van der Waals surface area contributed by atoms with Crippen LogP contribution in [0.3, 0.4) is 0 Å². The molecule has 0 aliphatic carbocycles. The summed E-state index contributed by atoms with van der Waals surface area (Å²) in [5.41, 5.74) is 3.36. The van der Waals surface area contributed by atoms with Crippen molar-refractivity contribution in [1.82, 2.24) is 15.1 Å². The zero-order chi connectivity index (χ0) is 18.8. The summed E-state index contributed by atoms with van der Waals surface area (Å²) in [6, 6.07) is 16.0. The van der Waals surface area contributed by atoms with Crippen LogP contribution in [0.15, 0.2) is 48.5 Å². The lowest BCUT2D eigenvalue weighted by atomic mass is 9.82. The van der Waals surface area contributed by atoms with Gasteiger partial charge in [0, 0.05) is 31.2 Å². The van der Waals surface area contributed by atoms with E-state index in [9.17, 15) is 4.79 Å². The quantitative estimate of drug-likeness (QED) is 0.880. The van der Waals surface area contributed by atoms with Crippen LogP contribution in [0, 0.1) is 0 Å². The molecule has 0 spiro atoms. The minimum absolute atomic E-state index is 0.0868. The maximum Gasteiger partial charge on any atom is 0.228 e. The number of amides is 1. The van der Waals surface area contributed by atoms with E-state index in [2.05, 4.69) is 34.3 Å². The summed E-state index contributed by atoms with van der Waals surface area (Å²) in [5.74, 6) is 0.0316. The van der Waals surface area contributed by atoms with Gasteiger partial charge in [-0.3, -0.25) is 4.79 Å². The standard InChI is InChI=1S/C22H26ClN3O/c1-25-11-13-26(14-12-25)10-9-20-18-7-2-3-8-19(18)21(24-22(20)27)16-5-4-6-17(23)15-16/h2-8,15,20-21H,9-14H2,1H3,(H,24,27). The maximum absolute atomic E-state index is 13.0. The van der Waals surface area contributed by atoms with Crippen molar-refractivity contribution in [1.29, 1.82) is 0 Å². The predicted octanol–water partition coefficient (Wildman–Crippen LogP) is 3.28. The minimum Gasteiger partial charge on any atom is -0.345 e. The number of benzene rings is 2. The molecule has 0 saturated carbocycles. The average Bonchev–Trinajstić information content (AvgIpc) is 2.68. The van der Waals surface area contributed by atoms with Crippen LogP contribution >= 0.6 is 11.6 Å². The Balaban J connectivity index is 1.55. The van der Waals surface area contributed by atoms with E-state index in [1.807, 2.05) is 36.4 Å². The summed E-state index contributed by atoms with van der Waals surface area (Å²) in [6.45, 7) is 5.33. The van der Waals surface area contributed by atoms with Gasteiger partial charge in [-0.15, -0.1) is 0 Å². The lowest BCUT2D eigenvalue weighted by Crippen LogP contribution is -2.46. The molecule has 0 bridgehead atoms. The third-order valence-corrected chi connectivity index (χ3v) is 6.03. The Morgan fingerprint density at radius 2 is 1.78 bits per heavy atom. The number of hydrogen-bond donors (Lipinski definition) is 1. The molecular formula is C22H26ClN3O. The van der Waals surface area contributed by atoms with Crippen molar-refractivity contribution in [2.75, 3.05) is 39.8 Å². The molecule has 2 atom stereocenters. The van der Waals surface area contributed by atoms with Gasteiger partial charge in [0.25, 0.3) is 0 Å². The fourth-order valence-corrected chi connectivity index (χ4v) is 4.37. The van der Waals surface area contributed by atoms with Crippen molar-refractivity contribution in [3.05, 3.63) is 70.2 Å². The summed E-state index contributed by atoms with van der Waals surface area (Å²) >= 11 is 6.18. The molecule has 5 heteroatoms. The Bertz CT molecular complexity index is 817. The van der Waals surface area contributed by atoms with Gasteiger partial charge in [-0.05, 0) is 48.8 Å². The van der Waals surface area contributed by atoms with Crippen LogP contribution in [0.4, 0.5) is 0 Å². The topological polar surface area (TPSA) is 35.6 Å². The minimum atomic E-state index is -0.132. The van der Waals surface area contributed by atoms with Crippen LogP contribution in [-0.4, -0.2) is 55.5 Å². The van der Waals surface area contributed by atoms with Crippen LogP contribution in [0.25, 0.3) is 0 Å². The van der Waals surface area contributed by atoms with Crippen LogP contribution in [0.5, 0.6) is 0 Å². The summed E-state index contributed by atoms with van der Waals surface area (Å²) in [5, 5.41) is 3.93. The van der Waals surface area contributed by atoms with Gasteiger partial charge in [0.2, 0.25) is 5.91 Å². The fraction of sp³-hybridized carbons (Fsp3) is 0.409. The molecule has 2 unspecified atom stereocenters. The van der Waals surface area contributed by atoms with E-state index in [-0.39, 0.29) is 17.9 Å². The predicted molar refractivity (Wildman–Crippen MR) is 109 cm³/mol. The van der Waals surface area contributed by atoms with Gasteiger partial charge in [-0.25, -0.2) is 0 Å². The second kappa shape index (κ2) is 8.01. The van der Waals surface area contributed by atoms with Crippen molar-refractivity contribution in [2.24, 2.45) is 0 Å². The molecular weight excluding hydrogens is 358 g/mol. The molecule has 4 nitrogen and oxygen atoms in total. The number of nitrogens with one attached hydrogen (secondary N) is 1. The molecule has 1 amide bonds. The largest absolute Gasteiger partial charge is 0.345 e. The smallest absolute Gasteiger partial charge is 0.228 e. The van der Waals surface area contributed by atoms with E-state index in [0.29, 0.717) is 5.02 Å². The lowest BCUT2D eigenvalue weighted by molar-refractivity contribution is -0.124. The van der Waals surface area contributed by atoms with Gasteiger partial charge >= 0.3 is 0 Å². The molecule has 0 aromatic heterocycles. The van der Waals surface area contributed by atoms with Crippen molar-refractivity contribution >= 4 is 17.5 Å². The number of piperazine rings is 1. The Labute approximate surface area is 166 Å². The van der Waals surface area contributed by atoms with E-state index in [4.69, 9.17) is 11.6 Å². The molecule has 2 aromatic carbocycles. The van der Waals surface area contributed by atoms with E-state index < -0.39 is 0 Å². The molecule has 2 heterocycles. The normalized spacial score (nSPS) is 23.7. The lowest BCUT2D eigenvalue weighted by Gasteiger charge is -2.35. The first kappa shape index (κ1) is 18.5. The number of carbonyl (C=O) groups excluding carboxylic acids is 1. The van der Waals surface area contributed by atoms with Gasteiger partial charge in [0.05, 0.1) is 12.0 Å². The number of hydrogen-bond acceptors (Lipinski definition) is 3. The SMILES string of the molecule is CN1CCN(CCC2C(=O)NC(c3cccc(Cl)c3)c3ccccc32)CC1. The second-order valence-electron chi connectivity index (χ2n) is 7.61. The summed E-state index contributed by atoms with van der Waals surface area (Å²) in [4.78, 5) is 17.8. The Morgan fingerprint density at radius 3 is 2.52 bits per heavy atom. The Morgan fingerprint density at radius 1 is 1.04 bits per heavy atom. The molecule has 2 aliphatic heterocycles. The molecule has 142 valence electrons. The fourth-order valence-electron chi connectivity index (χ4n) is 4.17. The molecule has 1 N–H and O–H groups in total. The van der Waals surface area contributed by atoms with E-state index >= 15 is 0 Å². The van der Waals surface area contributed by atoms with Crippen LogP contribution in [0.2, 0.25) is 5.02 Å². The molecule has 2 aliphatic rings. The summed E-state index contributed by atoms with van der Waals surface area (Å²) < 4.78 is 0. The number of likely N-dealkylation sites (N-methyl/N-ethyl adjacent to an activating group) is 1. The molecule has 1 fully saturated rings. The van der Waals surface area contributed by atoms with E-state index in [1.165, 1.54) is 5.56 Å². The van der Waals surface area contributed by atoms with Crippen molar-refractivity contribution in [2.45, 2.75) is 18.4 Å². The highest BCUT2D eigenvalue weighted by molar-refractivity contribution is 6.30. The summed E-state index contributed by atoms with van der Waals surface area (Å²) in [6.07, 6.45) is 0.856. The van der Waals surface area contributed by atoms with Crippen LogP contribution in [0.1, 0.15) is 35.1 Å². The van der Waals surface area contributed by atoms with Gasteiger partial charge in [0.1, 0.15) is 0 Å². The number of rotatable bonds is 4. The first-order valence-electron chi connectivity index (χ1n) is 9.67. The maximum atomic E-state index is 13.0. The number of carbonyl (C=O) groups is 1. The summed E-state index contributed by atoms with van der Waals surface area (Å²) in [7, 11) is 2.16. The Hall–Kier alpha value is -1.88. The van der Waals surface area contributed by atoms with Crippen molar-refractivity contribution < 1.29 is 4.79 Å². The van der Waals surface area contributed by atoms with Crippen molar-refractivity contribution in [3.63, 3.8) is 0 Å². The van der Waals surface area contributed by atoms with E-state index in [1.54, 1.807) is 0 Å². The highest BCUT2D eigenvalue weighted by atomic mass is 35.5. The number of nitrogens with zero attached hydrogens (tertiary/aromatic N) is 2. The van der Waals surface area contributed by atoms with Gasteiger partial charge in [0.15, 0.2) is 0 Å². The van der Waals surface area contributed by atoms with E-state index in [0.717, 1.165) is 50.3 Å². The van der Waals surface area contributed by atoms with Gasteiger partial charge in [-0.2, -0.15) is 0 Å².